The molecule has 142 valence electrons. The van der Waals surface area contributed by atoms with E-state index in [-0.39, 0.29) is 11.8 Å². The van der Waals surface area contributed by atoms with Crippen LogP contribution in [0.2, 0.25) is 5.02 Å². The second kappa shape index (κ2) is 9.35. The normalized spacial score (nSPS) is 21.2. The van der Waals surface area contributed by atoms with Crippen LogP contribution in [0.4, 0.5) is 0 Å². The smallest absolute Gasteiger partial charge is 0.242 e. The quantitative estimate of drug-likeness (QED) is 0.667. The Morgan fingerprint density at radius 2 is 2.08 bits per heavy atom. The van der Waals surface area contributed by atoms with Gasteiger partial charge in [-0.15, -0.1) is 0 Å². The van der Waals surface area contributed by atoms with E-state index >= 15 is 0 Å². The molecule has 2 saturated heterocycles. The first-order chi connectivity index (χ1) is 12.6. The number of hydrogen-bond acceptors (Lipinski definition) is 3. The molecule has 2 aliphatic rings. The van der Waals surface area contributed by atoms with Crippen LogP contribution < -0.4 is 10.2 Å². The summed E-state index contributed by atoms with van der Waals surface area (Å²) >= 11 is 6.20. The van der Waals surface area contributed by atoms with E-state index in [9.17, 15) is 9.59 Å². The van der Waals surface area contributed by atoms with Gasteiger partial charge in [-0.05, 0) is 18.1 Å². The molecule has 2 aliphatic heterocycles. The topological polar surface area (TPSA) is 63.1 Å². The van der Waals surface area contributed by atoms with Crippen LogP contribution >= 0.6 is 11.6 Å². The van der Waals surface area contributed by atoms with Crippen molar-refractivity contribution in [3.05, 3.63) is 34.9 Å². The number of quaternary nitrogens is 1. The van der Waals surface area contributed by atoms with Gasteiger partial charge < -0.3 is 19.9 Å². The number of rotatable bonds is 7. The molecule has 7 heteroatoms. The highest BCUT2D eigenvalue weighted by molar-refractivity contribution is 6.31. The number of nitrogens with one attached hydrogen (secondary N) is 2. The maximum Gasteiger partial charge on any atom is 0.242 e. The van der Waals surface area contributed by atoms with Gasteiger partial charge in [0, 0.05) is 31.0 Å². The highest BCUT2D eigenvalue weighted by atomic mass is 35.5. The molecule has 2 amide bonds. The average molecular weight is 381 g/mol. The third-order valence-electron chi connectivity index (χ3n) is 5.14. The zero-order valence-corrected chi connectivity index (χ0v) is 15.8. The van der Waals surface area contributed by atoms with Crippen LogP contribution in [0.5, 0.6) is 0 Å². The van der Waals surface area contributed by atoms with Gasteiger partial charge in [0.2, 0.25) is 11.8 Å². The zero-order valence-electron chi connectivity index (χ0n) is 15.0. The number of ether oxygens (including phenoxy) is 1. The van der Waals surface area contributed by atoms with Crippen molar-refractivity contribution in [3.63, 3.8) is 0 Å². The minimum atomic E-state index is -0.394. The predicted octanol–water partition coefficient (Wildman–Crippen LogP) is 0.252. The summed E-state index contributed by atoms with van der Waals surface area (Å²) in [6.07, 6.45) is 1.93. The Morgan fingerprint density at radius 1 is 1.31 bits per heavy atom. The maximum atomic E-state index is 12.6. The third-order valence-corrected chi connectivity index (χ3v) is 5.50. The number of morpholine rings is 1. The number of hydrogen-bond donors (Lipinski definition) is 2. The Bertz CT molecular complexity index is 634. The predicted molar refractivity (Wildman–Crippen MR) is 99.0 cm³/mol. The summed E-state index contributed by atoms with van der Waals surface area (Å²) in [5.41, 5.74) is 0.873. The fourth-order valence-corrected chi connectivity index (χ4v) is 3.79. The van der Waals surface area contributed by atoms with E-state index in [0.717, 1.165) is 44.8 Å². The Kier molecular flexibility index (Phi) is 6.88. The Balaban J connectivity index is 1.47. The van der Waals surface area contributed by atoms with Crippen molar-refractivity contribution in [2.45, 2.75) is 31.8 Å². The van der Waals surface area contributed by atoms with Gasteiger partial charge in [-0.1, -0.05) is 29.8 Å². The van der Waals surface area contributed by atoms with Crippen molar-refractivity contribution in [2.24, 2.45) is 0 Å². The first-order valence-corrected chi connectivity index (χ1v) is 9.75. The molecule has 2 fully saturated rings. The molecule has 1 aromatic rings. The van der Waals surface area contributed by atoms with E-state index in [1.54, 1.807) is 11.0 Å². The van der Waals surface area contributed by atoms with Gasteiger partial charge in [-0.25, -0.2) is 0 Å². The Morgan fingerprint density at radius 3 is 2.85 bits per heavy atom. The van der Waals surface area contributed by atoms with Crippen molar-refractivity contribution >= 4 is 23.4 Å². The molecule has 6 nitrogen and oxygen atoms in total. The highest BCUT2D eigenvalue weighted by Crippen LogP contribution is 2.24. The molecule has 0 saturated carbocycles. The van der Waals surface area contributed by atoms with E-state index in [1.807, 2.05) is 18.2 Å². The fourth-order valence-electron chi connectivity index (χ4n) is 3.59. The van der Waals surface area contributed by atoms with Crippen molar-refractivity contribution in [1.29, 1.82) is 0 Å². The number of carbonyl (C=O) groups is 2. The van der Waals surface area contributed by atoms with Crippen LogP contribution in [0.3, 0.4) is 0 Å². The average Bonchev–Trinajstić information content (AvgIpc) is 3.02. The number of benzene rings is 1. The van der Waals surface area contributed by atoms with Gasteiger partial charge in [0.25, 0.3) is 0 Å². The molecule has 0 bridgehead atoms. The van der Waals surface area contributed by atoms with Gasteiger partial charge in [0.1, 0.15) is 19.1 Å². The molecule has 0 radical (unpaired) electrons. The first kappa shape index (κ1) is 19.1. The van der Waals surface area contributed by atoms with Crippen molar-refractivity contribution < 1.29 is 19.2 Å². The van der Waals surface area contributed by atoms with E-state index in [2.05, 4.69) is 5.32 Å². The van der Waals surface area contributed by atoms with E-state index < -0.39 is 6.04 Å². The van der Waals surface area contributed by atoms with Crippen LogP contribution in [0.15, 0.2) is 24.3 Å². The second-order valence-electron chi connectivity index (χ2n) is 6.92. The van der Waals surface area contributed by atoms with Crippen molar-refractivity contribution in [1.82, 2.24) is 10.2 Å². The Hall–Kier alpha value is -1.63. The summed E-state index contributed by atoms with van der Waals surface area (Å²) in [5.74, 6) is -0.0392. The molecular weight excluding hydrogens is 354 g/mol. The molecule has 1 unspecified atom stereocenters. The summed E-state index contributed by atoms with van der Waals surface area (Å²) < 4.78 is 5.35. The van der Waals surface area contributed by atoms with E-state index in [4.69, 9.17) is 16.3 Å². The molecule has 0 aromatic heterocycles. The van der Waals surface area contributed by atoms with E-state index in [0.29, 0.717) is 31.0 Å². The summed E-state index contributed by atoms with van der Waals surface area (Å²) in [5, 5.41) is 3.63. The number of likely N-dealkylation sites (tertiary alicyclic amines) is 1. The molecule has 3 rings (SSSR count). The van der Waals surface area contributed by atoms with Crippen LogP contribution in [-0.4, -0.2) is 62.1 Å². The van der Waals surface area contributed by atoms with Gasteiger partial charge in [-0.2, -0.15) is 0 Å². The summed E-state index contributed by atoms with van der Waals surface area (Å²) in [7, 11) is 0. The lowest BCUT2D eigenvalue weighted by atomic mass is 10.1. The highest BCUT2D eigenvalue weighted by Gasteiger charge is 2.36. The first-order valence-electron chi connectivity index (χ1n) is 9.37. The van der Waals surface area contributed by atoms with Crippen LogP contribution in [0.1, 0.15) is 24.8 Å². The minimum Gasteiger partial charge on any atom is -0.370 e. The minimum absolute atomic E-state index is 0.0165. The van der Waals surface area contributed by atoms with Gasteiger partial charge >= 0.3 is 0 Å². The van der Waals surface area contributed by atoms with Crippen molar-refractivity contribution in [2.75, 3.05) is 39.4 Å². The number of amides is 2. The van der Waals surface area contributed by atoms with Crippen molar-refractivity contribution in [3.8, 4) is 0 Å². The number of halogens is 1. The SMILES string of the molecule is O=C(NCCC[NH+]1CCOCC1)C1CCC(=O)N1Cc1ccccc1Cl. The molecule has 1 aromatic carbocycles. The summed E-state index contributed by atoms with van der Waals surface area (Å²) in [4.78, 5) is 28.0. The maximum absolute atomic E-state index is 12.6. The third kappa shape index (κ3) is 4.96. The lowest BCUT2D eigenvalue weighted by Crippen LogP contribution is -3.14. The Labute approximate surface area is 159 Å². The molecular formula is C19H27ClN3O3+. The number of carbonyl (C=O) groups excluding carboxylic acids is 2. The molecule has 0 spiro atoms. The van der Waals surface area contributed by atoms with Gasteiger partial charge in [0.15, 0.2) is 0 Å². The molecule has 1 atom stereocenters. The molecule has 0 aliphatic carbocycles. The van der Waals surface area contributed by atoms with Crippen LogP contribution in [0.25, 0.3) is 0 Å². The molecule has 2 heterocycles. The van der Waals surface area contributed by atoms with Crippen LogP contribution in [-0.2, 0) is 20.9 Å². The summed E-state index contributed by atoms with van der Waals surface area (Å²) in [6, 6.07) is 7.06. The zero-order chi connectivity index (χ0) is 18.4. The summed E-state index contributed by atoms with van der Waals surface area (Å²) in [6.45, 7) is 5.79. The van der Waals surface area contributed by atoms with Crippen LogP contribution in [0, 0.1) is 0 Å². The largest absolute Gasteiger partial charge is 0.370 e. The van der Waals surface area contributed by atoms with E-state index in [1.165, 1.54) is 4.90 Å². The van der Waals surface area contributed by atoms with Gasteiger partial charge in [0.05, 0.1) is 19.8 Å². The second-order valence-corrected chi connectivity index (χ2v) is 7.33. The number of nitrogens with zero attached hydrogens (tertiary/aromatic N) is 1. The monoisotopic (exact) mass is 380 g/mol. The lowest BCUT2D eigenvalue weighted by molar-refractivity contribution is -0.908. The molecule has 2 N–H and O–H groups in total. The fraction of sp³-hybridized carbons (Fsp3) is 0.579. The van der Waals surface area contributed by atoms with Gasteiger partial charge in [-0.3, -0.25) is 9.59 Å². The lowest BCUT2D eigenvalue weighted by Gasteiger charge is -2.25. The standard InChI is InChI=1S/C19H26ClN3O3/c20-16-5-2-1-4-15(16)14-23-17(6-7-18(23)24)19(25)21-8-3-9-22-10-12-26-13-11-22/h1-2,4-5,17H,3,6-14H2,(H,21,25)/p+1. The molecule has 26 heavy (non-hydrogen) atoms.